The van der Waals surface area contributed by atoms with E-state index in [0.717, 1.165) is 11.3 Å². The number of nitrogens with zero attached hydrogens (tertiary/aromatic N) is 5. The summed E-state index contributed by atoms with van der Waals surface area (Å²) in [5, 5.41) is 18.0. The van der Waals surface area contributed by atoms with Gasteiger partial charge in [-0.1, -0.05) is 11.3 Å². The van der Waals surface area contributed by atoms with Gasteiger partial charge in [-0.3, -0.25) is 10.1 Å². The van der Waals surface area contributed by atoms with Crippen molar-refractivity contribution in [3.63, 3.8) is 0 Å². The number of hydrogen-bond donors (Lipinski definition) is 1. The molecule has 96 valence electrons. The summed E-state index contributed by atoms with van der Waals surface area (Å²) in [4.78, 5) is 18.4. The first-order valence-electron chi connectivity index (χ1n) is 5.05. The maximum atomic E-state index is 10.5. The van der Waals surface area contributed by atoms with E-state index >= 15 is 0 Å². The second kappa shape index (κ2) is 5.78. The molecule has 0 saturated heterocycles. The van der Waals surface area contributed by atoms with Crippen LogP contribution in [0, 0.1) is 10.1 Å². The van der Waals surface area contributed by atoms with Gasteiger partial charge >= 0.3 is 5.00 Å². The molecule has 0 saturated carbocycles. The van der Waals surface area contributed by atoms with E-state index < -0.39 is 4.92 Å². The molecular formula is C10H8N6O2S. The van der Waals surface area contributed by atoms with E-state index in [1.807, 2.05) is 0 Å². The Morgan fingerprint density at radius 2 is 2.16 bits per heavy atom. The zero-order valence-corrected chi connectivity index (χ0v) is 10.3. The standard InChI is InChI=1S/C10H8N6O2S/c11-9(10-12-4-1-5-13-10)15-14-6-7-2-3-8(19-7)16(17)18/h1-6H,(H2,11,15)/b14-6-. The molecule has 2 aromatic rings. The molecule has 19 heavy (non-hydrogen) atoms. The van der Waals surface area contributed by atoms with Crippen LogP contribution in [0.15, 0.2) is 40.8 Å². The van der Waals surface area contributed by atoms with Gasteiger partial charge in [-0.25, -0.2) is 9.97 Å². The monoisotopic (exact) mass is 276 g/mol. The van der Waals surface area contributed by atoms with Gasteiger partial charge in [-0.2, -0.15) is 5.10 Å². The molecule has 2 rings (SSSR count). The third-order valence-electron chi connectivity index (χ3n) is 1.94. The van der Waals surface area contributed by atoms with Gasteiger partial charge in [-0.05, 0) is 12.1 Å². The van der Waals surface area contributed by atoms with Gasteiger partial charge in [-0.15, -0.1) is 5.10 Å². The van der Waals surface area contributed by atoms with Gasteiger partial charge in [0.05, 0.1) is 16.0 Å². The van der Waals surface area contributed by atoms with Gasteiger partial charge in [0.1, 0.15) is 0 Å². The third kappa shape index (κ3) is 3.39. The Morgan fingerprint density at radius 3 is 2.79 bits per heavy atom. The van der Waals surface area contributed by atoms with Crippen LogP contribution in [0.25, 0.3) is 0 Å². The van der Waals surface area contributed by atoms with Crippen molar-refractivity contribution in [1.82, 2.24) is 9.97 Å². The van der Waals surface area contributed by atoms with E-state index in [2.05, 4.69) is 20.2 Å². The lowest BCUT2D eigenvalue weighted by molar-refractivity contribution is -0.380. The summed E-state index contributed by atoms with van der Waals surface area (Å²) in [7, 11) is 0. The van der Waals surface area contributed by atoms with Crippen LogP contribution >= 0.6 is 11.3 Å². The van der Waals surface area contributed by atoms with Crippen LogP contribution in [0.5, 0.6) is 0 Å². The van der Waals surface area contributed by atoms with E-state index in [1.165, 1.54) is 24.7 Å². The van der Waals surface area contributed by atoms with Crippen LogP contribution < -0.4 is 5.73 Å². The maximum absolute atomic E-state index is 10.5. The summed E-state index contributed by atoms with van der Waals surface area (Å²) in [6.45, 7) is 0. The quantitative estimate of drug-likeness (QED) is 0.389. The van der Waals surface area contributed by atoms with Gasteiger partial charge in [0.2, 0.25) is 0 Å². The van der Waals surface area contributed by atoms with Crippen molar-refractivity contribution in [2.45, 2.75) is 0 Å². The van der Waals surface area contributed by atoms with Gasteiger partial charge < -0.3 is 5.73 Å². The number of amidine groups is 1. The molecule has 0 aromatic carbocycles. The van der Waals surface area contributed by atoms with Crippen LogP contribution in [-0.2, 0) is 0 Å². The van der Waals surface area contributed by atoms with Crippen molar-refractivity contribution in [3.05, 3.63) is 51.4 Å². The Balaban J connectivity index is 2.08. The lowest BCUT2D eigenvalue weighted by Crippen LogP contribution is -2.16. The number of nitro groups is 1. The molecule has 2 aromatic heterocycles. The lowest BCUT2D eigenvalue weighted by atomic mass is 10.5. The zero-order chi connectivity index (χ0) is 13.7. The normalized spacial score (nSPS) is 11.9. The minimum absolute atomic E-state index is 0.0461. The van der Waals surface area contributed by atoms with Crippen molar-refractivity contribution in [1.29, 1.82) is 0 Å². The molecule has 8 nitrogen and oxygen atoms in total. The second-order valence-electron chi connectivity index (χ2n) is 3.24. The average Bonchev–Trinajstić information content (AvgIpc) is 2.89. The molecule has 2 heterocycles. The minimum atomic E-state index is -0.461. The van der Waals surface area contributed by atoms with Crippen LogP contribution in [0.4, 0.5) is 5.00 Å². The molecule has 0 unspecified atom stereocenters. The first-order valence-corrected chi connectivity index (χ1v) is 5.86. The molecule has 0 bridgehead atoms. The minimum Gasteiger partial charge on any atom is -0.379 e. The van der Waals surface area contributed by atoms with Crippen LogP contribution in [0.2, 0.25) is 0 Å². The van der Waals surface area contributed by atoms with Crippen molar-refractivity contribution < 1.29 is 4.92 Å². The number of nitrogens with two attached hydrogens (primary N) is 1. The fraction of sp³-hybridized carbons (Fsp3) is 0. The first kappa shape index (κ1) is 12.8. The molecule has 9 heteroatoms. The Kier molecular flexibility index (Phi) is 3.88. The van der Waals surface area contributed by atoms with E-state index in [1.54, 1.807) is 12.1 Å². The summed E-state index contributed by atoms with van der Waals surface area (Å²) < 4.78 is 0. The Morgan fingerprint density at radius 1 is 1.42 bits per heavy atom. The van der Waals surface area contributed by atoms with E-state index in [0.29, 0.717) is 4.88 Å². The summed E-state index contributed by atoms with van der Waals surface area (Å²) in [5.41, 5.74) is 5.62. The zero-order valence-electron chi connectivity index (χ0n) is 9.50. The molecule has 0 aliphatic rings. The SMILES string of the molecule is N/C(=N\N=C/c1ccc([N+](=O)[O-])s1)c1ncccn1. The highest BCUT2D eigenvalue weighted by atomic mass is 32.1. The molecule has 0 aliphatic carbocycles. The highest BCUT2D eigenvalue weighted by Crippen LogP contribution is 2.22. The fourth-order valence-corrected chi connectivity index (χ4v) is 1.82. The van der Waals surface area contributed by atoms with Gasteiger partial charge in [0.25, 0.3) is 0 Å². The van der Waals surface area contributed by atoms with Crippen LogP contribution in [-0.4, -0.2) is 26.9 Å². The molecular weight excluding hydrogens is 268 g/mol. The summed E-state index contributed by atoms with van der Waals surface area (Å²) in [6.07, 6.45) is 4.46. The van der Waals surface area contributed by atoms with Crippen LogP contribution in [0.3, 0.4) is 0 Å². The molecule has 0 aliphatic heterocycles. The predicted molar refractivity (Wildman–Crippen MR) is 71.3 cm³/mol. The first-order chi connectivity index (χ1) is 9.16. The summed E-state index contributed by atoms with van der Waals surface area (Å²) >= 11 is 0.999. The van der Waals surface area contributed by atoms with Crippen molar-refractivity contribution in [3.8, 4) is 0 Å². The van der Waals surface area contributed by atoms with E-state index in [4.69, 9.17) is 5.73 Å². The molecule has 2 N–H and O–H groups in total. The highest BCUT2D eigenvalue weighted by Gasteiger charge is 2.07. The second-order valence-corrected chi connectivity index (χ2v) is 4.33. The number of hydrogen-bond acceptors (Lipinski definition) is 7. The van der Waals surface area contributed by atoms with Crippen LogP contribution in [0.1, 0.15) is 10.7 Å². The number of aromatic nitrogens is 2. The van der Waals surface area contributed by atoms with E-state index in [9.17, 15) is 10.1 Å². The highest BCUT2D eigenvalue weighted by molar-refractivity contribution is 7.16. The largest absolute Gasteiger partial charge is 0.379 e. The Labute approximate surface area is 111 Å². The van der Waals surface area contributed by atoms with Gasteiger partial charge in [0, 0.05) is 18.5 Å². The molecule has 0 atom stereocenters. The smallest absolute Gasteiger partial charge is 0.324 e. The fourth-order valence-electron chi connectivity index (χ4n) is 1.13. The van der Waals surface area contributed by atoms with Crippen molar-refractivity contribution in [2.75, 3.05) is 0 Å². The Hall–Kier alpha value is -2.68. The Bertz CT molecular complexity index is 636. The molecule has 0 amide bonds. The summed E-state index contributed by atoms with van der Waals surface area (Å²) in [5.74, 6) is 0.347. The number of rotatable bonds is 4. The molecule has 0 radical (unpaired) electrons. The van der Waals surface area contributed by atoms with E-state index in [-0.39, 0.29) is 16.7 Å². The van der Waals surface area contributed by atoms with Crippen molar-refractivity contribution in [2.24, 2.45) is 15.9 Å². The number of thiophene rings is 1. The topological polar surface area (TPSA) is 120 Å². The lowest BCUT2D eigenvalue weighted by Gasteiger charge is -1.93. The average molecular weight is 276 g/mol. The predicted octanol–water partition coefficient (Wildman–Crippen LogP) is 1.19. The van der Waals surface area contributed by atoms with Crippen molar-refractivity contribution >= 4 is 28.4 Å². The molecule has 0 fully saturated rings. The maximum Gasteiger partial charge on any atom is 0.324 e. The van der Waals surface area contributed by atoms with Gasteiger partial charge in [0.15, 0.2) is 11.7 Å². The summed E-state index contributed by atoms with van der Waals surface area (Å²) in [6, 6.07) is 4.64. The third-order valence-corrected chi connectivity index (χ3v) is 2.91. The molecule has 0 spiro atoms.